The van der Waals surface area contributed by atoms with Gasteiger partial charge in [-0.1, -0.05) is 0 Å². The summed E-state index contributed by atoms with van der Waals surface area (Å²) in [5.41, 5.74) is 8.91. The highest BCUT2D eigenvalue weighted by atomic mass is 32.2. The number of furan rings is 1. The van der Waals surface area contributed by atoms with E-state index in [0.717, 1.165) is 29.2 Å². The Morgan fingerprint density at radius 3 is 3.21 bits per heavy atom. The van der Waals surface area contributed by atoms with Gasteiger partial charge >= 0.3 is 0 Å². The van der Waals surface area contributed by atoms with Gasteiger partial charge in [-0.05, 0) is 18.2 Å². The quantitative estimate of drug-likeness (QED) is 0.672. The van der Waals surface area contributed by atoms with E-state index >= 15 is 0 Å². The van der Waals surface area contributed by atoms with Crippen LogP contribution in [0, 0.1) is 0 Å². The van der Waals surface area contributed by atoms with Crippen LogP contribution in [0.3, 0.4) is 0 Å². The summed E-state index contributed by atoms with van der Waals surface area (Å²) in [6, 6.07) is 5.88. The van der Waals surface area contributed by atoms with E-state index in [4.69, 9.17) is 10.2 Å². The van der Waals surface area contributed by atoms with Crippen molar-refractivity contribution in [2.24, 2.45) is 0 Å². The first-order valence-electron chi connectivity index (χ1n) is 4.72. The molecule has 2 N–H and O–H groups in total. The average molecular weight is 205 g/mol. The predicted molar refractivity (Wildman–Crippen MR) is 60.5 cm³/mol. The third-order valence-electron chi connectivity index (χ3n) is 2.62. The zero-order valence-corrected chi connectivity index (χ0v) is 8.56. The topological polar surface area (TPSA) is 39.2 Å². The molecule has 2 nitrogen and oxygen atoms in total. The highest BCUT2D eigenvalue weighted by Crippen LogP contribution is 2.34. The first-order chi connectivity index (χ1) is 6.84. The van der Waals surface area contributed by atoms with Gasteiger partial charge in [0, 0.05) is 34.6 Å². The molecule has 1 aromatic carbocycles. The summed E-state index contributed by atoms with van der Waals surface area (Å²) in [7, 11) is 0. The van der Waals surface area contributed by atoms with Crippen LogP contribution in [0.5, 0.6) is 0 Å². The number of rotatable bonds is 0. The molecule has 0 saturated heterocycles. The molecule has 1 aliphatic heterocycles. The van der Waals surface area contributed by atoms with E-state index in [1.54, 1.807) is 0 Å². The SMILES string of the molecule is Nc1ccc2oc3c(c2c1)CSCC3. The normalized spacial score (nSPS) is 15.7. The smallest absolute Gasteiger partial charge is 0.134 e. The number of thioether (sulfide) groups is 1. The number of benzene rings is 1. The van der Waals surface area contributed by atoms with Crippen molar-refractivity contribution in [2.75, 3.05) is 11.5 Å². The molecule has 0 aliphatic carbocycles. The van der Waals surface area contributed by atoms with E-state index in [0.29, 0.717) is 0 Å². The van der Waals surface area contributed by atoms with E-state index in [1.165, 1.54) is 16.7 Å². The Hall–Kier alpha value is -1.09. The number of hydrogen-bond donors (Lipinski definition) is 1. The number of fused-ring (bicyclic) bond motifs is 3. The maximum Gasteiger partial charge on any atom is 0.134 e. The summed E-state index contributed by atoms with van der Waals surface area (Å²) in [4.78, 5) is 0. The van der Waals surface area contributed by atoms with E-state index in [1.807, 2.05) is 30.0 Å². The Bertz CT molecular complexity index is 489. The maximum atomic E-state index is 5.78. The fraction of sp³-hybridized carbons (Fsp3) is 0.273. The Labute approximate surface area is 86.5 Å². The van der Waals surface area contributed by atoms with E-state index < -0.39 is 0 Å². The van der Waals surface area contributed by atoms with Gasteiger partial charge in [0.05, 0.1) is 0 Å². The van der Waals surface area contributed by atoms with Gasteiger partial charge in [-0.2, -0.15) is 11.8 Å². The molecule has 0 saturated carbocycles. The highest BCUT2D eigenvalue weighted by Gasteiger charge is 2.17. The average Bonchev–Trinajstić information content (AvgIpc) is 2.56. The fourth-order valence-electron chi connectivity index (χ4n) is 1.92. The van der Waals surface area contributed by atoms with Crippen molar-refractivity contribution >= 4 is 28.4 Å². The van der Waals surface area contributed by atoms with Crippen molar-refractivity contribution in [3.05, 3.63) is 29.5 Å². The van der Waals surface area contributed by atoms with E-state index in [-0.39, 0.29) is 0 Å². The van der Waals surface area contributed by atoms with Gasteiger partial charge in [0.15, 0.2) is 0 Å². The van der Waals surface area contributed by atoms with Gasteiger partial charge in [0.25, 0.3) is 0 Å². The number of anilines is 1. The van der Waals surface area contributed by atoms with Gasteiger partial charge < -0.3 is 10.2 Å². The van der Waals surface area contributed by atoms with Crippen LogP contribution >= 0.6 is 11.8 Å². The van der Waals surface area contributed by atoms with Gasteiger partial charge in [0.1, 0.15) is 11.3 Å². The van der Waals surface area contributed by atoms with Crippen molar-refractivity contribution in [1.29, 1.82) is 0 Å². The molecular weight excluding hydrogens is 194 g/mol. The molecule has 0 fully saturated rings. The van der Waals surface area contributed by atoms with Gasteiger partial charge in [0.2, 0.25) is 0 Å². The molecule has 0 unspecified atom stereocenters. The third-order valence-corrected chi connectivity index (χ3v) is 3.60. The van der Waals surface area contributed by atoms with E-state index in [2.05, 4.69) is 0 Å². The Kier molecular flexibility index (Phi) is 1.74. The Morgan fingerprint density at radius 2 is 2.29 bits per heavy atom. The van der Waals surface area contributed by atoms with Crippen LogP contribution in [0.4, 0.5) is 5.69 Å². The molecule has 1 aliphatic rings. The zero-order valence-electron chi connectivity index (χ0n) is 7.75. The van der Waals surface area contributed by atoms with Crippen LogP contribution in [-0.2, 0) is 12.2 Å². The molecule has 0 spiro atoms. The van der Waals surface area contributed by atoms with Crippen molar-refractivity contribution < 1.29 is 4.42 Å². The summed E-state index contributed by atoms with van der Waals surface area (Å²) in [6.07, 6.45) is 1.05. The monoisotopic (exact) mass is 205 g/mol. The number of aryl methyl sites for hydroxylation is 1. The maximum absolute atomic E-state index is 5.78. The van der Waals surface area contributed by atoms with Crippen LogP contribution in [0.1, 0.15) is 11.3 Å². The summed E-state index contributed by atoms with van der Waals surface area (Å²) >= 11 is 1.96. The molecule has 2 heterocycles. The number of nitrogen functional groups attached to an aromatic ring is 1. The van der Waals surface area contributed by atoms with E-state index in [9.17, 15) is 0 Å². The molecule has 0 bridgehead atoms. The second kappa shape index (κ2) is 2.95. The van der Waals surface area contributed by atoms with Crippen molar-refractivity contribution in [1.82, 2.24) is 0 Å². The lowest BCUT2D eigenvalue weighted by Gasteiger charge is -2.08. The molecule has 2 aromatic rings. The minimum Gasteiger partial charge on any atom is -0.461 e. The summed E-state index contributed by atoms with van der Waals surface area (Å²) < 4.78 is 5.78. The minimum atomic E-state index is 0.816. The van der Waals surface area contributed by atoms with Crippen molar-refractivity contribution in [2.45, 2.75) is 12.2 Å². The predicted octanol–water partition coefficient (Wildman–Crippen LogP) is 2.80. The van der Waals surface area contributed by atoms with Crippen molar-refractivity contribution in [3.8, 4) is 0 Å². The summed E-state index contributed by atoms with van der Waals surface area (Å²) in [6.45, 7) is 0. The van der Waals surface area contributed by atoms with Crippen LogP contribution in [0.25, 0.3) is 11.0 Å². The summed E-state index contributed by atoms with van der Waals surface area (Å²) in [5, 5.41) is 1.20. The standard InChI is InChI=1S/C11H11NOS/c12-7-1-2-10-8(5-7)9-6-14-4-3-11(9)13-10/h1-2,5H,3-4,6,12H2. The Balaban J connectivity index is 2.32. The molecule has 0 radical (unpaired) electrons. The van der Waals surface area contributed by atoms with Crippen molar-refractivity contribution in [3.63, 3.8) is 0 Å². The van der Waals surface area contributed by atoms with Crippen LogP contribution in [-0.4, -0.2) is 5.75 Å². The van der Waals surface area contributed by atoms with Gasteiger partial charge in [-0.15, -0.1) is 0 Å². The van der Waals surface area contributed by atoms with Crippen LogP contribution in [0.15, 0.2) is 22.6 Å². The first kappa shape index (κ1) is 8.24. The second-order valence-electron chi connectivity index (χ2n) is 3.56. The Morgan fingerprint density at radius 1 is 1.36 bits per heavy atom. The molecule has 0 amide bonds. The third kappa shape index (κ3) is 1.12. The van der Waals surface area contributed by atoms with Crippen LogP contribution < -0.4 is 5.73 Å². The largest absolute Gasteiger partial charge is 0.461 e. The fourth-order valence-corrected chi connectivity index (χ4v) is 2.91. The summed E-state index contributed by atoms with van der Waals surface area (Å²) in [5.74, 6) is 3.39. The molecule has 1 aromatic heterocycles. The number of hydrogen-bond acceptors (Lipinski definition) is 3. The highest BCUT2D eigenvalue weighted by molar-refractivity contribution is 7.98. The molecule has 3 heteroatoms. The molecule has 3 rings (SSSR count). The lowest BCUT2D eigenvalue weighted by Crippen LogP contribution is -1.98. The molecule has 14 heavy (non-hydrogen) atoms. The van der Waals surface area contributed by atoms with Crippen LogP contribution in [0.2, 0.25) is 0 Å². The number of nitrogens with two attached hydrogens (primary N) is 1. The molecule has 72 valence electrons. The minimum absolute atomic E-state index is 0.816. The first-order valence-corrected chi connectivity index (χ1v) is 5.87. The van der Waals surface area contributed by atoms with Gasteiger partial charge in [-0.3, -0.25) is 0 Å². The zero-order chi connectivity index (χ0) is 9.54. The molecular formula is C11H11NOS. The lowest BCUT2D eigenvalue weighted by atomic mass is 10.1. The molecule has 0 atom stereocenters. The second-order valence-corrected chi connectivity index (χ2v) is 4.67. The van der Waals surface area contributed by atoms with Gasteiger partial charge in [-0.25, -0.2) is 0 Å². The lowest BCUT2D eigenvalue weighted by molar-refractivity contribution is 0.552.